The van der Waals surface area contributed by atoms with Crippen molar-refractivity contribution >= 4 is 15.9 Å². The lowest BCUT2D eigenvalue weighted by molar-refractivity contribution is 0.0952. The highest BCUT2D eigenvalue weighted by Crippen LogP contribution is 2.20. The number of nitrogens with zero attached hydrogens (tertiary/aromatic N) is 1. The van der Waals surface area contributed by atoms with E-state index in [4.69, 9.17) is 0 Å². The summed E-state index contributed by atoms with van der Waals surface area (Å²) >= 11 is 0. The first-order valence-electron chi connectivity index (χ1n) is 8.79. The second-order valence-corrected chi connectivity index (χ2v) is 8.72. The lowest BCUT2D eigenvalue weighted by Crippen LogP contribution is -2.32. The van der Waals surface area contributed by atoms with Crippen LogP contribution in [0, 0.1) is 5.92 Å². The standard InChI is InChI=1S/C18H28N2O3S/c1-15(2)11-12-19-18(21)16-7-9-17(10-8-16)24(22,23)20-13-5-3-4-6-14-20/h7-10,15H,3-6,11-14H2,1-2H3,(H,19,21). The normalized spacial score (nSPS) is 16.8. The van der Waals surface area contributed by atoms with Gasteiger partial charge in [0.2, 0.25) is 10.0 Å². The van der Waals surface area contributed by atoms with Crippen LogP contribution in [-0.4, -0.2) is 38.3 Å². The molecule has 0 radical (unpaired) electrons. The van der Waals surface area contributed by atoms with Gasteiger partial charge in [-0.2, -0.15) is 4.31 Å². The highest BCUT2D eigenvalue weighted by molar-refractivity contribution is 7.89. The van der Waals surface area contributed by atoms with Crippen molar-refractivity contribution in [3.8, 4) is 0 Å². The molecule has 0 spiro atoms. The van der Waals surface area contributed by atoms with Gasteiger partial charge in [0.05, 0.1) is 4.90 Å². The molecule has 1 heterocycles. The van der Waals surface area contributed by atoms with E-state index in [1.54, 1.807) is 16.4 Å². The molecular weight excluding hydrogens is 324 g/mol. The molecule has 2 rings (SSSR count). The first-order chi connectivity index (χ1) is 11.4. The summed E-state index contributed by atoms with van der Waals surface area (Å²) in [7, 11) is -3.45. The number of carbonyl (C=O) groups is 1. The fourth-order valence-electron chi connectivity index (χ4n) is 2.79. The molecule has 24 heavy (non-hydrogen) atoms. The summed E-state index contributed by atoms with van der Waals surface area (Å²) < 4.78 is 27.0. The Morgan fingerprint density at radius 2 is 1.67 bits per heavy atom. The van der Waals surface area contributed by atoms with Crippen LogP contribution < -0.4 is 5.32 Å². The summed E-state index contributed by atoms with van der Waals surface area (Å²) in [4.78, 5) is 12.3. The van der Waals surface area contributed by atoms with Crippen LogP contribution >= 0.6 is 0 Å². The SMILES string of the molecule is CC(C)CCNC(=O)c1ccc(S(=O)(=O)N2CCCCCC2)cc1. The quantitative estimate of drug-likeness (QED) is 0.856. The smallest absolute Gasteiger partial charge is 0.251 e. The maximum absolute atomic E-state index is 12.7. The molecule has 0 unspecified atom stereocenters. The fourth-order valence-corrected chi connectivity index (χ4v) is 4.30. The Kier molecular flexibility index (Phi) is 6.80. The summed E-state index contributed by atoms with van der Waals surface area (Å²) in [5, 5.41) is 2.86. The van der Waals surface area contributed by atoms with Crippen molar-refractivity contribution in [2.75, 3.05) is 19.6 Å². The van der Waals surface area contributed by atoms with Gasteiger partial charge in [-0.1, -0.05) is 26.7 Å². The molecule has 134 valence electrons. The Bertz CT molecular complexity index is 631. The molecular formula is C18H28N2O3S. The van der Waals surface area contributed by atoms with Crippen molar-refractivity contribution in [1.82, 2.24) is 9.62 Å². The second kappa shape index (κ2) is 8.62. The second-order valence-electron chi connectivity index (χ2n) is 6.78. The molecule has 0 bridgehead atoms. The van der Waals surface area contributed by atoms with E-state index >= 15 is 0 Å². The van der Waals surface area contributed by atoms with Gasteiger partial charge in [0.25, 0.3) is 5.91 Å². The van der Waals surface area contributed by atoms with E-state index in [0.29, 0.717) is 31.1 Å². The maximum Gasteiger partial charge on any atom is 0.251 e. The van der Waals surface area contributed by atoms with Crippen LogP contribution in [-0.2, 0) is 10.0 Å². The zero-order valence-electron chi connectivity index (χ0n) is 14.6. The molecule has 0 saturated carbocycles. The van der Waals surface area contributed by atoms with Crippen LogP contribution in [0.15, 0.2) is 29.2 Å². The van der Waals surface area contributed by atoms with Crippen molar-refractivity contribution in [2.24, 2.45) is 5.92 Å². The Hall–Kier alpha value is -1.40. The van der Waals surface area contributed by atoms with Crippen LogP contribution in [0.3, 0.4) is 0 Å². The predicted octanol–water partition coefficient (Wildman–Crippen LogP) is 3.03. The number of carbonyl (C=O) groups excluding carboxylic acids is 1. The molecule has 0 aromatic heterocycles. The molecule has 1 aliphatic rings. The molecule has 6 heteroatoms. The maximum atomic E-state index is 12.7. The summed E-state index contributed by atoms with van der Waals surface area (Å²) in [6.07, 6.45) is 4.92. The molecule has 1 saturated heterocycles. The van der Waals surface area contributed by atoms with Gasteiger partial charge in [0.15, 0.2) is 0 Å². The lowest BCUT2D eigenvalue weighted by Gasteiger charge is -2.20. The number of rotatable bonds is 6. The van der Waals surface area contributed by atoms with Crippen LogP contribution in [0.25, 0.3) is 0 Å². The minimum atomic E-state index is -3.45. The Morgan fingerprint density at radius 3 is 2.21 bits per heavy atom. The third kappa shape index (κ3) is 5.05. The van der Waals surface area contributed by atoms with E-state index in [0.717, 1.165) is 32.1 Å². The molecule has 1 amide bonds. The van der Waals surface area contributed by atoms with Gasteiger partial charge >= 0.3 is 0 Å². The number of amides is 1. The van der Waals surface area contributed by atoms with Gasteiger partial charge in [-0.3, -0.25) is 4.79 Å². The molecule has 1 fully saturated rings. The molecule has 0 atom stereocenters. The molecule has 1 aromatic rings. The van der Waals surface area contributed by atoms with Gasteiger partial charge in [-0.25, -0.2) is 8.42 Å². The van der Waals surface area contributed by atoms with Gasteiger partial charge in [0.1, 0.15) is 0 Å². The van der Waals surface area contributed by atoms with Crippen molar-refractivity contribution < 1.29 is 13.2 Å². The van der Waals surface area contributed by atoms with Crippen LogP contribution in [0.5, 0.6) is 0 Å². The summed E-state index contributed by atoms with van der Waals surface area (Å²) in [5.74, 6) is 0.376. The fraction of sp³-hybridized carbons (Fsp3) is 0.611. The number of hydrogen-bond donors (Lipinski definition) is 1. The van der Waals surface area contributed by atoms with E-state index < -0.39 is 10.0 Å². The molecule has 1 aromatic carbocycles. The summed E-state index contributed by atoms with van der Waals surface area (Å²) in [6.45, 7) is 6.01. The predicted molar refractivity (Wildman–Crippen MR) is 95.5 cm³/mol. The topological polar surface area (TPSA) is 66.5 Å². The largest absolute Gasteiger partial charge is 0.352 e. The average Bonchev–Trinajstić information content (AvgIpc) is 2.84. The van der Waals surface area contributed by atoms with E-state index in [-0.39, 0.29) is 10.8 Å². The third-order valence-electron chi connectivity index (χ3n) is 4.33. The number of benzene rings is 1. The number of sulfonamides is 1. The van der Waals surface area contributed by atoms with Gasteiger partial charge in [-0.15, -0.1) is 0 Å². The Balaban J connectivity index is 2.03. The summed E-state index contributed by atoms with van der Waals surface area (Å²) in [5.41, 5.74) is 0.494. The van der Waals surface area contributed by atoms with Crippen molar-refractivity contribution in [3.63, 3.8) is 0 Å². The van der Waals surface area contributed by atoms with E-state index in [9.17, 15) is 13.2 Å². The van der Waals surface area contributed by atoms with Gasteiger partial charge < -0.3 is 5.32 Å². The summed E-state index contributed by atoms with van der Waals surface area (Å²) in [6, 6.07) is 6.26. The van der Waals surface area contributed by atoms with Gasteiger partial charge in [0, 0.05) is 25.2 Å². The van der Waals surface area contributed by atoms with E-state index in [1.807, 2.05) is 0 Å². The van der Waals surface area contributed by atoms with Crippen LogP contribution in [0.2, 0.25) is 0 Å². The monoisotopic (exact) mass is 352 g/mol. The molecule has 5 nitrogen and oxygen atoms in total. The van der Waals surface area contributed by atoms with E-state index in [2.05, 4.69) is 19.2 Å². The highest BCUT2D eigenvalue weighted by atomic mass is 32.2. The zero-order chi connectivity index (χ0) is 17.6. The first kappa shape index (κ1) is 18.9. The minimum absolute atomic E-state index is 0.158. The lowest BCUT2D eigenvalue weighted by atomic mass is 10.1. The Labute approximate surface area is 145 Å². The number of hydrogen-bond acceptors (Lipinski definition) is 3. The molecule has 1 N–H and O–H groups in total. The first-order valence-corrected chi connectivity index (χ1v) is 10.2. The highest BCUT2D eigenvalue weighted by Gasteiger charge is 2.25. The minimum Gasteiger partial charge on any atom is -0.352 e. The van der Waals surface area contributed by atoms with Gasteiger partial charge in [-0.05, 0) is 49.4 Å². The van der Waals surface area contributed by atoms with Crippen molar-refractivity contribution in [3.05, 3.63) is 29.8 Å². The van der Waals surface area contributed by atoms with Crippen LogP contribution in [0.4, 0.5) is 0 Å². The number of nitrogens with one attached hydrogen (secondary N) is 1. The molecule has 0 aliphatic carbocycles. The molecule has 1 aliphatic heterocycles. The zero-order valence-corrected chi connectivity index (χ0v) is 15.4. The third-order valence-corrected chi connectivity index (χ3v) is 6.24. The van der Waals surface area contributed by atoms with E-state index in [1.165, 1.54) is 12.1 Å². The van der Waals surface area contributed by atoms with Crippen molar-refractivity contribution in [1.29, 1.82) is 0 Å². The average molecular weight is 353 g/mol. The van der Waals surface area contributed by atoms with Crippen LogP contribution in [0.1, 0.15) is 56.3 Å². The Morgan fingerprint density at radius 1 is 1.08 bits per heavy atom. The van der Waals surface area contributed by atoms with Crippen molar-refractivity contribution in [2.45, 2.75) is 50.8 Å².